The van der Waals surface area contributed by atoms with Crippen LogP contribution in [0.2, 0.25) is 0 Å². The van der Waals surface area contributed by atoms with E-state index in [1.54, 1.807) is 24.3 Å². The van der Waals surface area contributed by atoms with E-state index in [2.05, 4.69) is 31.0 Å². The lowest BCUT2D eigenvalue weighted by Crippen LogP contribution is -2.13. The second kappa shape index (κ2) is 9.76. The van der Waals surface area contributed by atoms with E-state index >= 15 is 0 Å². The Morgan fingerprint density at radius 1 is 1.03 bits per heavy atom. The topological polar surface area (TPSA) is 119 Å². The van der Waals surface area contributed by atoms with Crippen LogP contribution in [0, 0.1) is 6.92 Å². The molecule has 0 aliphatic rings. The fourth-order valence-electron chi connectivity index (χ4n) is 2.07. The second-order valence-electron chi connectivity index (χ2n) is 5.98. The molecule has 29 heavy (non-hydrogen) atoms. The van der Waals surface area contributed by atoms with Gasteiger partial charge in [-0.15, -0.1) is 20.4 Å². The first kappa shape index (κ1) is 21.1. The summed E-state index contributed by atoms with van der Waals surface area (Å²) in [7, 11) is 0. The molecule has 0 bridgehead atoms. The number of nitrogens with zero attached hydrogens (tertiary/aromatic N) is 4. The van der Waals surface area contributed by atoms with Crippen LogP contribution in [0.5, 0.6) is 5.75 Å². The summed E-state index contributed by atoms with van der Waals surface area (Å²) in [6, 6.07) is 6.86. The molecular weight excluding hydrogens is 432 g/mol. The van der Waals surface area contributed by atoms with Crippen LogP contribution in [-0.2, 0) is 4.79 Å². The number of anilines is 2. The molecular formula is C17H18N6O3S3. The normalized spacial score (nSPS) is 10.8. The molecule has 3 aromatic rings. The Morgan fingerprint density at radius 3 is 2.38 bits per heavy atom. The van der Waals surface area contributed by atoms with Crippen LogP contribution < -0.4 is 15.4 Å². The molecule has 0 spiro atoms. The van der Waals surface area contributed by atoms with Gasteiger partial charge in [0.25, 0.3) is 5.91 Å². The van der Waals surface area contributed by atoms with Crippen molar-refractivity contribution in [1.82, 2.24) is 20.4 Å². The van der Waals surface area contributed by atoms with Gasteiger partial charge in [-0.2, -0.15) is 0 Å². The van der Waals surface area contributed by atoms with E-state index in [1.165, 1.54) is 34.4 Å². The van der Waals surface area contributed by atoms with Gasteiger partial charge in [-0.25, -0.2) is 0 Å². The molecule has 0 saturated carbocycles. The van der Waals surface area contributed by atoms with E-state index in [0.717, 1.165) is 5.01 Å². The van der Waals surface area contributed by atoms with Gasteiger partial charge >= 0.3 is 0 Å². The second-order valence-corrected chi connectivity index (χ2v) is 9.36. The van der Waals surface area contributed by atoms with Gasteiger partial charge in [0.05, 0.1) is 11.9 Å². The van der Waals surface area contributed by atoms with Crippen molar-refractivity contribution in [2.75, 3.05) is 16.4 Å². The molecule has 2 N–H and O–H groups in total. The summed E-state index contributed by atoms with van der Waals surface area (Å²) in [4.78, 5) is 24.3. The molecule has 1 aromatic carbocycles. The van der Waals surface area contributed by atoms with Gasteiger partial charge in [0.2, 0.25) is 16.2 Å². The molecule has 0 aliphatic carbocycles. The highest BCUT2D eigenvalue weighted by molar-refractivity contribution is 8.01. The summed E-state index contributed by atoms with van der Waals surface area (Å²) in [5, 5.41) is 22.6. The minimum Gasteiger partial charge on any atom is -0.491 e. The molecule has 3 rings (SSSR count). The minimum absolute atomic E-state index is 0.0661. The fraction of sp³-hybridized carbons (Fsp3) is 0.294. The molecule has 9 nitrogen and oxygen atoms in total. The molecule has 0 radical (unpaired) electrons. The fourth-order valence-corrected chi connectivity index (χ4v) is 4.23. The van der Waals surface area contributed by atoms with Crippen molar-refractivity contribution in [1.29, 1.82) is 0 Å². The monoisotopic (exact) mass is 450 g/mol. The molecule has 0 atom stereocenters. The van der Waals surface area contributed by atoms with Crippen molar-refractivity contribution < 1.29 is 14.3 Å². The number of thioether (sulfide) groups is 1. The number of hydrogen-bond donors (Lipinski definition) is 2. The maximum atomic E-state index is 12.3. The van der Waals surface area contributed by atoms with E-state index in [0.29, 0.717) is 25.9 Å². The van der Waals surface area contributed by atoms with Crippen LogP contribution in [0.1, 0.15) is 29.2 Å². The standard InChI is InChI=1S/C17H18N6O3S3/c1-9(2)26-12-6-4-11(5-7-12)14(25)19-16-22-23-17(29-16)27-8-13(24)18-15-21-20-10(3)28-15/h4-7,9H,8H2,1-3H3,(H,18,21,24)(H,19,22,25). The lowest BCUT2D eigenvalue weighted by Gasteiger charge is -2.09. The molecule has 2 heterocycles. The van der Waals surface area contributed by atoms with E-state index in [9.17, 15) is 9.59 Å². The van der Waals surface area contributed by atoms with Crippen LogP contribution in [-0.4, -0.2) is 44.1 Å². The lowest BCUT2D eigenvalue weighted by atomic mass is 10.2. The van der Waals surface area contributed by atoms with E-state index < -0.39 is 0 Å². The Labute approximate surface area is 179 Å². The molecule has 0 aliphatic heterocycles. The first-order valence-electron chi connectivity index (χ1n) is 8.53. The quantitative estimate of drug-likeness (QED) is 0.395. The largest absolute Gasteiger partial charge is 0.491 e. The van der Waals surface area contributed by atoms with E-state index in [1.807, 2.05) is 20.8 Å². The zero-order chi connectivity index (χ0) is 20.8. The summed E-state index contributed by atoms with van der Waals surface area (Å²) in [5.41, 5.74) is 0.484. The molecule has 0 unspecified atom stereocenters. The average molecular weight is 451 g/mol. The number of ether oxygens (including phenoxy) is 1. The third-order valence-electron chi connectivity index (χ3n) is 3.21. The SMILES string of the molecule is Cc1nnc(NC(=O)CSc2nnc(NC(=O)c3ccc(OC(C)C)cc3)s2)s1. The molecule has 0 fully saturated rings. The molecule has 2 aromatic heterocycles. The maximum Gasteiger partial charge on any atom is 0.257 e. The summed E-state index contributed by atoms with van der Waals surface area (Å²) in [6.07, 6.45) is 0.0661. The number of aromatic nitrogens is 4. The van der Waals surface area contributed by atoms with Crippen molar-refractivity contribution >= 4 is 56.5 Å². The number of aryl methyl sites for hydroxylation is 1. The van der Waals surface area contributed by atoms with Crippen molar-refractivity contribution in [2.45, 2.75) is 31.2 Å². The first-order valence-corrected chi connectivity index (χ1v) is 11.2. The van der Waals surface area contributed by atoms with Gasteiger partial charge < -0.3 is 4.74 Å². The van der Waals surface area contributed by atoms with Crippen molar-refractivity contribution in [3.8, 4) is 5.75 Å². The summed E-state index contributed by atoms with van der Waals surface area (Å²) in [6.45, 7) is 5.69. The average Bonchev–Trinajstić information content (AvgIpc) is 3.29. The Kier molecular flexibility index (Phi) is 7.12. The first-order chi connectivity index (χ1) is 13.9. The zero-order valence-corrected chi connectivity index (χ0v) is 18.3. The Bertz CT molecular complexity index is 986. The zero-order valence-electron chi connectivity index (χ0n) is 15.8. The highest BCUT2D eigenvalue weighted by Gasteiger charge is 2.13. The smallest absolute Gasteiger partial charge is 0.257 e. The number of rotatable bonds is 8. The van der Waals surface area contributed by atoms with Crippen LogP contribution >= 0.6 is 34.4 Å². The molecule has 12 heteroatoms. The number of carbonyl (C=O) groups is 2. The van der Waals surface area contributed by atoms with Crippen molar-refractivity contribution in [3.63, 3.8) is 0 Å². The summed E-state index contributed by atoms with van der Waals surface area (Å²) in [5.74, 6) is 0.348. The van der Waals surface area contributed by atoms with Gasteiger partial charge in [-0.3, -0.25) is 20.2 Å². The van der Waals surface area contributed by atoms with Crippen LogP contribution in [0.4, 0.5) is 10.3 Å². The minimum atomic E-state index is -0.293. The highest BCUT2D eigenvalue weighted by Crippen LogP contribution is 2.26. The van der Waals surface area contributed by atoms with Crippen molar-refractivity contribution in [2.24, 2.45) is 0 Å². The maximum absolute atomic E-state index is 12.3. The number of nitrogens with one attached hydrogen (secondary N) is 2. The Morgan fingerprint density at radius 2 is 1.72 bits per heavy atom. The molecule has 0 saturated heterocycles. The van der Waals surface area contributed by atoms with Gasteiger partial charge in [0.1, 0.15) is 10.8 Å². The molecule has 152 valence electrons. The number of amides is 2. The third kappa shape index (κ3) is 6.48. The summed E-state index contributed by atoms with van der Waals surface area (Å²) < 4.78 is 6.13. The molecule has 2 amide bonds. The highest BCUT2D eigenvalue weighted by atomic mass is 32.2. The predicted octanol–water partition coefficient (Wildman–Crippen LogP) is 3.47. The third-order valence-corrected chi connectivity index (χ3v) is 5.94. The number of benzene rings is 1. The van der Waals surface area contributed by atoms with Gasteiger partial charge in [0.15, 0.2) is 4.34 Å². The van der Waals surface area contributed by atoms with Gasteiger partial charge in [0, 0.05) is 5.56 Å². The van der Waals surface area contributed by atoms with Crippen LogP contribution in [0.3, 0.4) is 0 Å². The van der Waals surface area contributed by atoms with E-state index in [4.69, 9.17) is 4.74 Å². The van der Waals surface area contributed by atoms with Gasteiger partial charge in [-0.1, -0.05) is 34.4 Å². The summed E-state index contributed by atoms with van der Waals surface area (Å²) >= 11 is 3.73. The lowest BCUT2D eigenvalue weighted by molar-refractivity contribution is -0.113. The predicted molar refractivity (Wildman–Crippen MR) is 114 cm³/mol. The van der Waals surface area contributed by atoms with E-state index in [-0.39, 0.29) is 23.7 Å². The Balaban J connectivity index is 1.49. The van der Waals surface area contributed by atoms with Crippen molar-refractivity contribution in [3.05, 3.63) is 34.8 Å². The number of carbonyl (C=O) groups excluding carboxylic acids is 2. The Hall–Kier alpha value is -2.57. The van der Waals surface area contributed by atoms with Crippen LogP contribution in [0.15, 0.2) is 28.6 Å². The number of hydrogen-bond acceptors (Lipinski definition) is 10. The van der Waals surface area contributed by atoms with Gasteiger partial charge in [-0.05, 0) is 45.0 Å². The van der Waals surface area contributed by atoms with Crippen LogP contribution in [0.25, 0.3) is 0 Å².